The van der Waals surface area contributed by atoms with Gasteiger partial charge in [0.2, 0.25) is 0 Å². The maximum Gasteiger partial charge on any atom is 0.277 e. The Labute approximate surface area is 92.9 Å². The molecule has 0 atom stereocenters. The third-order valence-corrected chi connectivity index (χ3v) is 2.27. The number of hydrogen-bond acceptors (Lipinski definition) is 3. The fourth-order valence-electron chi connectivity index (χ4n) is 1.33. The average Bonchev–Trinajstić information content (AvgIpc) is 2.83. The highest BCUT2D eigenvalue weighted by Gasteiger charge is 2.08. The van der Waals surface area contributed by atoms with Crippen LogP contribution in [0.25, 0.3) is 0 Å². The Morgan fingerprint density at radius 2 is 2.12 bits per heavy atom. The lowest BCUT2D eigenvalue weighted by Gasteiger charge is -2.03. The molecule has 0 fully saturated rings. The smallest absolute Gasteiger partial charge is 0.277 e. The van der Waals surface area contributed by atoms with Crippen molar-refractivity contribution >= 4 is 11.6 Å². The molecule has 0 radical (unpaired) electrons. The van der Waals surface area contributed by atoms with Crippen LogP contribution in [0.1, 0.15) is 23.0 Å². The zero-order valence-corrected chi connectivity index (χ0v) is 8.90. The van der Waals surface area contributed by atoms with E-state index in [2.05, 4.69) is 27.7 Å². The molecule has 0 aliphatic carbocycles. The van der Waals surface area contributed by atoms with Gasteiger partial charge in [0.25, 0.3) is 5.91 Å². The van der Waals surface area contributed by atoms with E-state index < -0.39 is 0 Å². The van der Waals surface area contributed by atoms with Crippen molar-refractivity contribution in [3.05, 3.63) is 41.7 Å². The Kier molecular flexibility index (Phi) is 2.95. The molecule has 0 aliphatic rings. The normalized spacial score (nSPS) is 10.1. The average molecular weight is 216 g/mol. The van der Waals surface area contributed by atoms with E-state index in [1.807, 2.05) is 24.3 Å². The summed E-state index contributed by atoms with van der Waals surface area (Å²) in [6.45, 7) is 2.09. The number of amides is 1. The number of hydrogen-bond donors (Lipinski definition) is 2. The molecule has 1 amide bonds. The second-order valence-corrected chi connectivity index (χ2v) is 3.36. The number of nitrogens with one attached hydrogen (secondary N) is 2. The van der Waals surface area contributed by atoms with Gasteiger partial charge < -0.3 is 5.32 Å². The standard InChI is InChI=1S/C11H12N4O/c1-2-8-3-5-9(6-4-8)13-11(16)10-7-12-15-14-10/h3-7H,2H2,1H3,(H,13,16)(H,12,14,15). The number of aromatic nitrogens is 3. The third kappa shape index (κ3) is 2.25. The summed E-state index contributed by atoms with van der Waals surface area (Å²) in [4.78, 5) is 11.6. The molecule has 0 spiro atoms. The molecule has 1 aromatic heterocycles. The van der Waals surface area contributed by atoms with Crippen LogP contribution in [-0.2, 0) is 6.42 Å². The predicted molar refractivity (Wildman–Crippen MR) is 60.2 cm³/mol. The molecule has 5 heteroatoms. The van der Waals surface area contributed by atoms with E-state index in [4.69, 9.17) is 0 Å². The molecule has 0 unspecified atom stereocenters. The van der Waals surface area contributed by atoms with Crippen LogP contribution in [-0.4, -0.2) is 21.3 Å². The molecule has 5 nitrogen and oxygen atoms in total. The summed E-state index contributed by atoms with van der Waals surface area (Å²) in [6.07, 6.45) is 2.37. The minimum Gasteiger partial charge on any atom is -0.321 e. The summed E-state index contributed by atoms with van der Waals surface area (Å²) in [5.74, 6) is -0.266. The Balaban J connectivity index is 2.06. The predicted octanol–water partition coefficient (Wildman–Crippen LogP) is 1.62. The first-order chi connectivity index (χ1) is 7.79. The number of carbonyl (C=O) groups is 1. The highest BCUT2D eigenvalue weighted by atomic mass is 16.2. The molecule has 1 heterocycles. The van der Waals surface area contributed by atoms with E-state index in [0.29, 0.717) is 0 Å². The molecule has 0 saturated carbocycles. The molecule has 2 N–H and O–H groups in total. The number of rotatable bonds is 3. The minimum absolute atomic E-state index is 0.266. The van der Waals surface area contributed by atoms with Gasteiger partial charge in [0.05, 0.1) is 6.20 Å². The van der Waals surface area contributed by atoms with Crippen LogP contribution in [0, 0.1) is 0 Å². The van der Waals surface area contributed by atoms with Gasteiger partial charge in [-0.25, -0.2) is 0 Å². The van der Waals surface area contributed by atoms with Crippen molar-refractivity contribution < 1.29 is 4.79 Å². The molecule has 82 valence electrons. The van der Waals surface area contributed by atoms with Gasteiger partial charge in [0.1, 0.15) is 0 Å². The first-order valence-electron chi connectivity index (χ1n) is 5.05. The maximum absolute atomic E-state index is 11.6. The summed E-state index contributed by atoms with van der Waals surface area (Å²) in [6, 6.07) is 7.71. The Morgan fingerprint density at radius 3 is 2.69 bits per heavy atom. The van der Waals surface area contributed by atoms with Gasteiger partial charge in [-0.05, 0) is 24.1 Å². The summed E-state index contributed by atoms with van der Waals surface area (Å²) in [5, 5.41) is 12.4. The van der Waals surface area contributed by atoms with Crippen LogP contribution < -0.4 is 5.32 Å². The lowest BCUT2D eigenvalue weighted by Crippen LogP contribution is -2.12. The van der Waals surface area contributed by atoms with Gasteiger partial charge in [-0.1, -0.05) is 19.1 Å². The summed E-state index contributed by atoms with van der Waals surface area (Å²) < 4.78 is 0. The molecule has 0 aliphatic heterocycles. The Morgan fingerprint density at radius 1 is 1.38 bits per heavy atom. The van der Waals surface area contributed by atoms with Gasteiger partial charge >= 0.3 is 0 Å². The minimum atomic E-state index is -0.266. The third-order valence-electron chi connectivity index (χ3n) is 2.27. The molecular weight excluding hydrogens is 204 g/mol. The number of nitrogens with zero attached hydrogens (tertiary/aromatic N) is 2. The first kappa shape index (κ1) is 10.4. The largest absolute Gasteiger partial charge is 0.321 e. The number of H-pyrrole nitrogens is 1. The molecular formula is C11H12N4O. The summed E-state index contributed by atoms with van der Waals surface area (Å²) in [5.41, 5.74) is 2.27. The highest BCUT2D eigenvalue weighted by molar-refractivity contribution is 6.02. The molecule has 1 aromatic carbocycles. The van der Waals surface area contributed by atoms with Crippen molar-refractivity contribution in [1.29, 1.82) is 0 Å². The molecule has 0 bridgehead atoms. The fraction of sp³-hybridized carbons (Fsp3) is 0.182. The van der Waals surface area contributed by atoms with Crippen LogP contribution in [0.4, 0.5) is 5.69 Å². The number of anilines is 1. The van der Waals surface area contributed by atoms with Crippen molar-refractivity contribution in [2.75, 3.05) is 5.32 Å². The second kappa shape index (κ2) is 4.57. The van der Waals surface area contributed by atoms with Gasteiger partial charge in [-0.3, -0.25) is 4.79 Å². The second-order valence-electron chi connectivity index (χ2n) is 3.36. The quantitative estimate of drug-likeness (QED) is 0.819. The topological polar surface area (TPSA) is 70.7 Å². The SMILES string of the molecule is CCc1ccc(NC(=O)c2cn[nH]n2)cc1. The van der Waals surface area contributed by atoms with Crippen molar-refractivity contribution in [2.24, 2.45) is 0 Å². The van der Waals surface area contributed by atoms with Crippen molar-refractivity contribution in [3.63, 3.8) is 0 Å². The van der Waals surface area contributed by atoms with Crippen LogP contribution >= 0.6 is 0 Å². The van der Waals surface area contributed by atoms with Gasteiger partial charge in [0, 0.05) is 5.69 Å². The van der Waals surface area contributed by atoms with Crippen LogP contribution in [0.2, 0.25) is 0 Å². The fourth-order valence-corrected chi connectivity index (χ4v) is 1.33. The number of aryl methyl sites for hydroxylation is 1. The Bertz CT molecular complexity index is 461. The van der Waals surface area contributed by atoms with Crippen LogP contribution in [0.3, 0.4) is 0 Å². The van der Waals surface area contributed by atoms with E-state index in [1.165, 1.54) is 11.8 Å². The lowest BCUT2D eigenvalue weighted by molar-refractivity contribution is 0.102. The van der Waals surface area contributed by atoms with Crippen molar-refractivity contribution in [3.8, 4) is 0 Å². The van der Waals surface area contributed by atoms with E-state index in [0.717, 1.165) is 12.1 Å². The molecule has 2 rings (SSSR count). The van der Waals surface area contributed by atoms with Crippen molar-refractivity contribution in [2.45, 2.75) is 13.3 Å². The lowest BCUT2D eigenvalue weighted by atomic mass is 10.1. The maximum atomic E-state index is 11.6. The Hall–Kier alpha value is -2.17. The molecule has 2 aromatic rings. The zero-order chi connectivity index (χ0) is 11.4. The van der Waals surface area contributed by atoms with Crippen molar-refractivity contribution in [1.82, 2.24) is 15.4 Å². The van der Waals surface area contributed by atoms with E-state index in [1.54, 1.807) is 0 Å². The van der Waals surface area contributed by atoms with E-state index >= 15 is 0 Å². The van der Waals surface area contributed by atoms with Gasteiger partial charge in [-0.15, -0.1) is 0 Å². The number of carbonyl (C=O) groups excluding carboxylic acids is 1. The monoisotopic (exact) mass is 216 g/mol. The van der Waals surface area contributed by atoms with E-state index in [-0.39, 0.29) is 11.6 Å². The number of aromatic amines is 1. The van der Waals surface area contributed by atoms with E-state index in [9.17, 15) is 4.79 Å². The van der Waals surface area contributed by atoms with Gasteiger partial charge in [-0.2, -0.15) is 15.4 Å². The van der Waals surface area contributed by atoms with Gasteiger partial charge in [0.15, 0.2) is 5.69 Å². The number of benzene rings is 1. The van der Waals surface area contributed by atoms with Crippen LogP contribution in [0.15, 0.2) is 30.5 Å². The molecule has 16 heavy (non-hydrogen) atoms. The summed E-state index contributed by atoms with van der Waals surface area (Å²) >= 11 is 0. The first-order valence-corrected chi connectivity index (χ1v) is 5.05. The zero-order valence-electron chi connectivity index (χ0n) is 8.90. The highest BCUT2D eigenvalue weighted by Crippen LogP contribution is 2.10. The molecule has 0 saturated heterocycles. The summed E-state index contributed by atoms with van der Waals surface area (Å²) in [7, 11) is 0. The van der Waals surface area contributed by atoms with Crippen LogP contribution in [0.5, 0.6) is 0 Å².